The third-order valence-corrected chi connectivity index (χ3v) is 8.37. The summed E-state index contributed by atoms with van der Waals surface area (Å²) in [6, 6.07) is 10.8. The number of esters is 1. The highest BCUT2D eigenvalue weighted by Gasteiger charge is 2.33. The molecule has 11 heteroatoms. The van der Waals surface area contributed by atoms with E-state index in [1.54, 1.807) is 18.2 Å². The van der Waals surface area contributed by atoms with E-state index in [4.69, 9.17) is 44.1 Å². The van der Waals surface area contributed by atoms with Crippen LogP contribution in [0.25, 0.3) is 22.3 Å². The first-order valence-electron chi connectivity index (χ1n) is 13.8. The molecule has 0 bridgehead atoms. The highest BCUT2D eigenvalue weighted by Crippen LogP contribution is 2.45. The molecule has 1 saturated carbocycles. The van der Waals surface area contributed by atoms with Crippen molar-refractivity contribution in [2.45, 2.75) is 70.5 Å². The number of methoxy groups -OCH3 is 1. The van der Waals surface area contributed by atoms with E-state index in [1.165, 1.54) is 7.11 Å². The van der Waals surface area contributed by atoms with Gasteiger partial charge in [-0.3, -0.25) is 0 Å². The summed E-state index contributed by atoms with van der Waals surface area (Å²) in [4.78, 5) is 21.0. The average Bonchev–Trinajstić information content (AvgIpc) is 3.74. The Labute approximate surface area is 254 Å². The lowest BCUT2D eigenvalue weighted by Crippen LogP contribution is -2.35. The summed E-state index contributed by atoms with van der Waals surface area (Å²) >= 11 is 19.6. The number of fused-ring (bicyclic) bond motifs is 1. The fraction of sp³-hybridized carbons (Fsp3) is 0.400. The smallest absolute Gasteiger partial charge is 0.337 e. The number of anilines is 1. The lowest BCUT2D eigenvalue weighted by molar-refractivity contribution is 0.0601. The van der Waals surface area contributed by atoms with Gasteiger partial charge < -0.3 is 19.9 Å². The number of ether oxygens (including phenoxy) is 1. The zero-order valence-corrected chi connectivity index (χ0v) is 25.4. The van der Waals surface area contributed by atoms with Crippen LogP contribution >= 0.6 is 34.8 Å². The van der Waals surface area contributed by atoms with Crippen molar-refractivity contribution in [3.05, 3.63) is 68.5 Å². The van der Waals surface area contributed by atoms with Gasteiger partial charge in [-0.2, -0.15) is 0 Å². The number of hydrogen-bond donors (Lipinski definition) is 2. The van der Waals surface area contributed by atoms with Crippen LogP contribution in [0, 0.1) is 0 Å². The second kappa shape index (κ2) is 12.9. The normalized spacial score (nSPS) is 14.7. The number of rotatable bonds is 12. The summed E-state index contributed by atoms with van der Waals surface area (Å²) in [5, 5.41) is 13.0. The monoisotopic (exact) mass is 615 g/mol. The summed E-state index contributed by atoms with van der Waals surface area (Å²) in [5.41, 5.74) is 3.97. The first-order valence-corrected chi connectivity index (χ1v) is 14.9. The molecule has 2 atom stereocenters. The first kappa shape index (κ1) is 29.6. The Hall–Kier alpha value is -2.91. The zero-order valence-electron chi connectivity index (χ0n) is 23.1. The maximum absolute atomic E-state index is 11.9. The molecular weight excluding hydrogens is 585 g/mol. The molecule has 2 heterocycles. The molecule has 0 radical (unpaired) electrons. The van der Waals surface area contributed by atoms with Gasteiger partial charge in [-0.15, -0.1) is 0 Å². The van der Waals surface area contributed by atoms with E-state index >= 15 is 0 Å². The number of nitrogens with zero attached hydrogens (tertiary/aromatic N) is 3. The first-order chi connectivity index (χ1) is 19.8. The summed E-state index contributed by atoms with van der Waals surface area (Å²) in [6.07, 6.45) is 4.79. The summed E-state index contributed by atoms with van der Waals surface area (Å²) < 4.78 is 10.6. The van der Waals surface area contributed by atoms with Gasteiger partial charge in [0.1, 0.15) is 11.5 Å². The molecule has 2 unspecified atom stereocenters. The molecular formula is C30H32Cl3N5O3. The summed E-state index contributed by atoms with van der Waals surface area (Å²) in [7, 11) is 1.34. The van der Waals surface area contributed by atoms with Crippen LogP contribution in [0.4, 0.5) is 5.82 Å². The van der Waals surface area contributed by atoms with E-state index in [0.717, 1.165) is 43.4 Å². The zero-order chi connectivity index (χ0) is 29.1. The lowest BCUT2D eigenvalue weighted by Gasteiger charge is -2.25. The highest BCUT2D eigenvalue weighted by atomic mass is 35.5. The van der Waals surface area contributed by atoms with Crippen molar-refractivity contribution in [2.75, 3.05) is 12.4 Å². The van der Waals surface area contributed by atoms with Crippen molar-refractivity contribution in [1.82, 2.24) is 20.4 Å². The van der Waals surface area contributed by atoms with Crippen LogP contribution in [0.15, 0.2) is 40.9 Å². The Balaban J connectivity index is 1.31. The average molecular weight is 617 g/mol. The second-order valence-electron chi connectivity index (χ2n) is 10.3. The Morgan fingerprint density at radius 3 is 2.44 bits per heavy atom. The number of hydrogen-bond acceptors (Lipinski definition) is 8. The van der Waals surface area contributed by atoms with Gasteiger partial charge in [-0.1, -0.05) is 59.9 Å². The summed E-state index contributed by atoms with van der Waals surface area (Å²) in [5.74, 6) is 1.37. The maximum atomic E-state index is 11.9. The van der Waals surface area contributed by atoms with Gasteiger partial charge in [-0.05, 0) is 62.4 Å². The molecule has 0 aliphatic heterocycles. The van der Waals surface area contributed by atoms with Gasteiger partial charge in [0.2, 0.25) is 0 Å². The van der Waals surface area contributed by atoms with E-state index in [2.05, 4.69) is 39.6 Å². The van der Waals surface area contributed by atoms with E-state index in [-0.39, 0.29) is 17.2 Å². The van der Waals surface area contributed by atoms with Crippen LogP contribution in [-0.2, 0) is 11.3 Å². The maximum Gasteiger partial charge on any atom is 0.337 e. The largest absolute Gasteiger partial charge is 0.465 e. The number of aromatic nitrogens is 3. The van der Waals surface area contributed by atoms with Crippen molar-refractivity contribution in [3.8, 4) is 11.3 Å². The fourth-order valence-corrected chi connectivity index (χ4v) is 5.72. The molecule has 41 heavy (non-hydrogen) atoms. The van der Waals surface area contributed by atoms with Crippen LogP contribution in [-0.4, -0.2) is 40.3 Å². The molecule has 1 fully saturated rings. The molecule has 0 saturated heterocycles. The van der Waals surface area contributed by atoms with Crippen molar-refractivity contribution in [2.24, 2.45) is 0 Å². The Kier molecular flexibility index (Phi) is 9.34. The number of halogens is 3. The SMILES string of the molecule is CCC(CC(CC)Nc1nc2ccc(C(=O)OC)cc2nc1Cl)NCc1c(-c2c(Cl)cccc2Cl)noc1C1CC1. The third-order valence-electron chi connectivity index (χ3n) is 7.47. The molecule has 1 aliphatic carbocycles. The van der Waals surface area contributed by atoms with Crippen LogP contribution in [0.5, 0.6) is 0 Å². The minimum absolute atomic E-state index is 0.0916. The van der Waals surface area contributed by atoms with Gasteiger partial charge in [-0.25, -0.2) is 14.8 Å². The van der Waals surface area contributed by atoms with E-state index in [9.17, 15) is 4.79 Å². The van der Waals surface area contributed by atoms with Crippen LogP contribution in [0.3, 0.4) is 0 Å². The van der Waals surface area contributed by atoms with Crippen molar-refractivity contribution in [1.29, 1.82) is 0 Å². The number of benzene rings is 2. The van der Waals surface area contributed by atoms with Crippen LogP contribution < -0.4 is 10.6 Å². The highest BCUT2D eigenvalue weighted by molar-refractivity contribution is 6.39. The molecule has 0 spiro atoms. The topological polar surface area (TPSA) is 102 Å². The Morgan fingerprint density at radius 2 is 1.78 bits per heavy atom. The molecule has 8 nitrogen and oxygen atoms in total. The van der Waals surface area contributed by atoms with Gasteiger partial charge in [0.25, 0.3) is 0 Å². The minimum Gasteiger partial charge on any atom is -0.465 e. The molecule has 2 aromatic heterocycles. The number of nitrogens with one attached hydrogen (secondary N) is 2. The van der Waals surface area contributed by atoms with Crippen molar-refractivity contribution >= 4 is 57.6 Å². The molecule has 4 aromatic rings. The molecule has 0 amide bonds. The Morgan fingerprint density at radius 1 is 1.05 bits per heavy atom. The number of carbonyl (C=O) groups is 1. The van der Waals surface area contributed by atoms with Gasteiger partial charge in [0.05, 0.1) is 33.8 Å². The molecule has 1 aliphatic rings. The van der Waals surface area contributed by atoms with E-state index in [1.807, 2.05) is 18.2 Å². The minimum atomic E-state index is -0.436. The van der Waals surface area contributed by atoms with Gasteiger partial charge in [0, 0.05) is 35.7 Å². The predicted octanol–water partition coefficient (Wildman–Crippen LogP) is 8.06. The molecule has 5 rings (SSSR count). The molecule has 2 aromatic carbocycles. The molecule has 2 N–H and O–H groups in total. The van der Waals surface area contributed by atoms with Crippen molar-refractivity contribution < 1.29 is 14.1 Å². The summed E-state index contributed by atoms with van der Waals surface area (Å²) in [6.45, 7) is 4.87. The quantitative estimate of drug-likeness (QED) is 0.154. The second-order valence-corrected chi connectivity index (χ2v) is 11.4. The predicted molar refractivity (Wildman–Crippen MR) is 163 cm³/mol. The van der Waals surface area contributed by atoms with Gasteiger partial charge in [0.15, 0.2) is 11.0 Å². The lowest BCUT2D eigenvalue weighted by atomic mass is 10.0. The van der Waals surface area contributed by atoms with Crippen LogP contribution in [0.2, 0.25) is 15.2 Å². The molecule has 216 valence electrons. The third kappa shape index (κ3) is 6.61. The standard InChI is InChI=1S/C30H32Cl3N5O3/c1-4-18(34-15-20-26(38-41-27(20)16-9-10-16)25-21(31)7-6-8-22(25)32)14-19(5-2)35-29-28(33)36-24-13-17(30(39)40-3)11-12-23(24)37-29/h6-8,11-13,16,18-19,34H,4-5,9-10,14-15H2,1-3H3,(H,35,37). The fourth-order valence-electron chi connectivity index (χ4n) is 4.95. The Bertz CT molecular complexity index is 1540. The van der Waals surface area contributed by atoms with Crippen LogP contribution in [0.1, 0.15) is 73.6 Å². The van der Waals surface area contributed by atoms with Crippen molar-refractivity contribution in [3.63, 3.8) is 0 Å². The number of carbonyl (C=O) groups excluding carboxylic acids is 1. The van der Waals surface area contributed by atoms with E-state index in [0.29, 0.717) is 56.2 Å². The van der Waals surface area contributed by atoms with E-state index < -0.39 is 5.97 Å². The van der Waals surface area contributed by atoms with Gasteiger partial charge >= 0.3 is 5.97 Å².